The molecule has 1 fully saturated rings. The largest absolute Gasteiger partial charge is 0.345 e. The van der Waals surface area contributed by atoms with Crippen LogP contribution in [0.4, 0.5) is 0 Å². The topological polar surface area (TPSA) is 68.0 Å². The average Bonchev–Trinajstić information content (AvgIpc) is 3.17. The second-order valence-electron chi connectivity index (χ2n) is 6.03. The first-order valence-corrected chi connectivity index (χ1v) is 7.81. The molecule has 0 spiro atoms. The molecule has 1 N–H and O–H groups in total. The maximum absolute atomic E-state index is 12.3. The van der Waals surface area contributed by atoms with Crippen LogP contribution in [0.2, 0.25) is 0 Å². The lowest BCUT2D eigenvalue weighted by atomic mass is 10.1. The van der Waals surface area contributed by atoms with Crippen LogP contribution in [0.3, 0.4) is 0 Å². The quantitative estimate of drug-likeness (QED) is 0.940. The molecule has 1 aromatic heterocycles. The Labute approximate surface area is 130 Å². The molecule has 1 aliphatic carbocycles. The Morgan fingerprint density at radius 3 is 2.86 bits per heavy atom. The molecule has 3 rings (SSSR count). The lowest BCUT2D eigenvalue weighted by molar-refractivity contribution is 0.0949. The van der Waals surface area contributed by atoms with Crippen molar-refractivity contribution in [2.45, 2.75) is 52.0 Å². The molecule has 5 heteroatoms. The molecular formula is C17H21N3O2. The Hall–Kier alpha value is -2.17. The van der Waals surface area contributed by atoms with Crippen LogP contribution < -0.4 is 5.32 Å². The van der Waals surface area contributed by atoms with Crippen LogP contribution in [0.25, 0.3) is 0 Å². The van der Waals surface area contributed by atoms with E-state index in [2.05, 4.69) is 15.5 Å². The first-order valence-electron chi connectivity index (χ1n) is 7.81. The first kappa shape index (κ1) is 14.8. The van der Waals surface area contributed by atoms with Gasteiger partial charge in [-0.15, -0.1) is 0 Å². The highest BCUT2D eigenvalue weighted by molar-refractivity contribution is 5.95. The molecule has 1 aromatic carbocycles. The number of hydrogen-bond donors (Lipinski definition) is 1. The third kappa shape index (κ3) is 3.18. The van der Waals surface area contributed by atoms with Crippen molar-refractivity contribution in [2.75, 3.05) is 0 Å². The molecule has 0 unspecified atom stereocenters. The van der Waals surface area contributed by atoms with Gasteiger partial charge in [0.25, 0.3) is 5.91 Å². The lowest BCUT2D eigenvalue weighted by Crippen LogP contribution is -2.24. The van der Waals surface area contributed by atoms with Crippen molar-refractivity contribution in [1.29, 1.82) is 0 Å². The van der Waals surface area contributed by atoms with Gasteiger partial charge in [-0.05, 0) is 38.3 Å². The zero-order valence-corrected chi connectivity index (χ0v) is 13.1. The summed E-state index contributed by atoms with van der Waals surface area (Å²) in [5, 5.41) is 6.83. The van der Waals surface area contributed by atoms with Crippen molar-refractivity contribution in [1.82, 2.24) is 15.5 Å². The highest BCUT2D eigenvalue weighted by Crippen LogP contribution is 2.32. The van der Waals surface area contributed by atoms with Crippen LogP contribution in [0, 0.1) is 13.8 Å². The van der Waals surface area contributed by atoms with Gasteiger partial charge in [-0.2, -0.15) is 4.98 Å². The van der Waals surface area contributed by atoms with Crippen LogP contribution >= 0.6 is 0 Å². The third-order valence-electron chi connectivity index (χ3n) is 4.23. The van der Waals surface area contributed by atoms with E-state index in [1.54, 1.807) is 0 Å². The van der Waals surface area contributed by atoms with E-state index in [4.69, 9.17) is 4.52 Å². The van der Waals surface area contributed by atoms with Crippen molar-refractivity contribution in [3.63, 3.8) is 0 Å². The molecule has 22 heavy (non-hydrogen) atoms. The molecule has 5 nitrogen and oxygen atoms in total. The number of carbonyl (C=O) groups excluding carboxylic acids is 1. The molecule has 0 saturated heterocycles. The first-order chi connectivity index (χ1) is 10.6. The van der Waals surface area contributed by atoms with E-state index in [1.165, 1.54) is 12.8 Å². The monoisotopic (exact) mass is 299 g/mol. The summed E-state index contributed by atoms with van der Waals surface area (Å²) in [6.45, 7) is 4.20. The van der Waals surface area contributed by atoms with E-state index < -0.39 is 0 Å². The number of carbonyl (C=O) groups is 1. The van der Waals surface area contributed by atoms with Crippen molar-refractivity contribution in [3.8, 4) is 0 Å². The zero-order chi connectivity index (χ0) is 15.5. The number of nitrogens with zero attached hydrogens (tertiary/aromatic N) is 2. The molecule has 1 saturated carbocycles. The highest BCUT2D eigenvalue weighted by atomic mass is 16.5. The minimum Gasteiger partial charge on any atom is -0.345 e. The fraction of sp³-hybridized carbons (Fsp3) is 0.471. The van der Waals surface area contributed by atoms with Gasteiger partial charge >= 0.3 is 0 Å². The van der Waals surface area contributed by atoms with Crippen LogP contribution in [0.1, 0.15) is 64.8 Å². The molecule has 1 aliphatic rings. The molecule has 0 atom stereocenters. The minimum atomic E-state index is -0.103. The number of rotatable bonds is 4. The van der Waals surface area contributed by atoms with Gasteiger partial charge in [0.15, 0.2) is 5.82 Å². The number of benzene rings is 1. The average molecular weight is 299 g/mol. The van der Waals surface area contributed by atoms with Gasteiger partial charge in [-0.1, -0.05) is 35.7 Å². The maximum Gasteiger partial charge on any atom is 0.251 e. The fourth-order valence-corrected chi connectivity index (χ4v) is 2.91. The molecule has 0 bridgehead atoms. The van der Waals surface area contributed by atoms with E-state index in [9.17, 15) is 4.79 Å². The summed E-state index contributed by atoms with van der Waals surface area (Å²) in [5.74, 6) is 1.55. The van der Waals surface area contributed by atoms with E-state index in [0.29, 0.717) is 29.7 Å². The predicted octanol–water partition coefficient (Wildman–Crippen LogP) is 3.27. The van der Waals surface area contributed by atoms with Crippen molar-refractivity contribution in [2.24, 2.45) is 0 Å². The lowest BCUT2D eigenvalue weighted by Gasteiger charge is -2.07. The Morgan fingerprint density at radius 1 is 1.32 bits per heavy atom. The normalized spacial score (nSPS) is 15.2. The number of amides is 1. The summed E-state index contributed by atoms with van der Waals surface area (Å²) in [6.07, 6.45) is 4.70. The molecule has 0 aliphatic heterocycles. The molecule has 116 valence electrons. The summed E-state index contributed by atoms with van der Waals surface area (Å²) in [6, 6.07) is 5.85. The molecule has 1 heterocycles. The van der Waals surface area contributed by atoms with Gasteiger partial charge in [0.1, 0.15) is 0 Å². The van der Waals surface area contributed by atoms with Crippen molar-refractivity contribution in [3.05, 3.63) is 46.6 Å². The predicted molar refractivity (Wildman–Crippen MR) is 82.6 cm³/mol. The third-order valence-corrected chi connectivity index (χ3v) is 4.23. The summed E-state index contributed by atoms with van der Waals surface area (Å²) >= 11 is 0. The number of hydrogen-bond acceptors (Lipinski definition) is 4. The molecule has 0 radical (unpaired) electrons. The smallest absolute Gasteiger partial charge is 0.251 e. The van der Waals surface area contributed by atoms with E-state index in [0.717, 1.165) is 24.0 Å². The second kappa shape index (κ2) is 6.30. The van der Waals surface area contributed by atoms with Gasteiger partial charge in [0.05, 0.1) is 6.54 Å². The van der Waals surface area contributed by atoms with Gasteiger partial charge < -0.3 is 9.84 Å². The summed E-state index contributed by atoms with van der Waals surface area (Å²) in [5.41, 5.74) is 2.72. The molecule has 1 amide bonds. The van der Waals surface area contributed by atoms with Gasteiger partial charge in [-0.25, -0.2) is 0 Å². The van der Waals surface area contributed by atoms with Gasteiger partial charge in [0, 0.05) is 11.5 Å². The van der Waals surface area contributed by atoms with Gasteiger partial charge in [-0.3, -0.25) is 4.79 Å². The van der Waals surface area contributed by atoms with E-state index >= 15 is 0 Å². The standard InChI is InChI=1S/C17H21N3O2/c1-11-7-8-12(2)14(9-11)16(21)18-10-15-19-17(22-20-15)13-5-3-4-6-13/h7-9,13H,3-6,10H2,1-2H3,(H,18,21). The Balaban J connectivity index is 1.62. The summed E-state index contributed by atoms with van der Waals surface area (Å²) in [4.78, 5) is 16.7. The van der Waals surface area contributed by atoms with Gasteiger partial charge in [0.2, 0.25) is 5.89 Å². The Kier molecular flexibility index (Phi) is 4.22. The highest BCUT2D eigenvalue weighted by Gasteiger charge is 2.23. The van der Waals surface area contributed by atoms with Crippen molar-refractivity contribution < 1.29 is 9.32 Å². The van der Waals surface area contributed by atoms with Crippen molar-refractivity contribution >= 4 is 5.91 Å². The van der Waals surface area contributed by atoms with Crippen LogP contribution in [0.15, 0.2) is 22.7 Å². The Morgan fingerprint density at radius 2 is 2.09 bits per heavy atom. The summed E-state index contributed by atoms with van der Waals surface area (Å²) < 4.78 is 5.32. The summed E-state index contributed by atoms with van der Waals surface area (Å²) in [7, 11) is 0. The minimum absolute atomic E-state index is 0.103. The maximum atomic E-state index is 12.3. The van der Waals surface area contributed by atoms with E-state index in [-0.39, 0.29) is 5.91 Å². The second-order valence-corrected chi connectivity index (χ2v) is 6.03. The Bertz CT molecular complexity index is 672. The van der Waals surface area contributed by atoms with E-state index in [1.807, 2.05) is 32.0 Å². The van der Waals surface area contributed by atoms with Crippen LogP contribution in [-0.4, -0.2) is 16.0 Å². The number of aryl methyl sites for hydroxylation is 2. The van der Waals surface area contributed by atoms with Crippen LogP contribution in [-0.2, 0) is 6.54 Å². The van der Waals surface area contributed by atoms with Crippen LogP contribution in [0.5, 0.6) is 0 Å². The SMILES string of the molecule is Cc1ccc(C)c(C(=O)NCc2noc(C3CCCC3)n2)c1. The number of aromatic nitrogens is 2. The molecular weight excluding hydrogens is 278 g/mol. The number of nitrogens with one attached hydrogen (secondary N) is 1. The molecule has 2 aromatic rings. The zero-order valence-electron chi connectivity index (χ0n) is 13.1. The fourth-order valence-electron chi connectivity index (χ4n) is 2.91.